The topological polar surface area (TPSA) is 34.0 Å². The van der Waals surface area contributed by atoms with E-state index >= 15 is 0 Å². The molecule has 0 atom stereocenters. The van der Waals surface area contributed by atoms with Gasteiger partial charge in [0.1, 0.15) is 5.69 Å². The number of carbonyl (C=O) groups is 1. The van der Waals surface area contributed by atoms with Crippen molar-refractivity contribution >= 4 is 39.1 Å². The number of rotatable bonds is 2. The van der Waals surface area contributed by atoms with E-state index in [9.17, 15) is 4.79 Å². The van der Waals surface area contributed by atoms with Crippen molar-refractivity contribution in [3.8, 4) is 0 Å². The van der Waals surface area contributed by atoms with Gasteiger partial charge < -0.3 is 9.88 Å². The van der Waals surface area contributed by atoms with Crippen molar-refractivity contribution in [2.45, 2.75) is 6.92 Å². The lowest BCUT2D eigenvalue weighted by atomic mass is 10.2. The van der Waals surface area contributed by atoms with E-state index in [4.69, 9.17) is 11.6 Å². The van der Waals surface area contributed by atoms with Gasteiger partial charge in [-0.3, -0.25) is 4.79 Å². The second kappa shape index (κ2) is 5.16. The van der Waals surface area contributed by atoms with Gasteiger partial charge in [-0.15, -0.1) is 0 Å². The summed E-state index contributed by atoms with van der Waals surface area (Å²) in [7, 11) is 1.78. The van der Waals surface area contributed by atoms with Gasteiger partial charge in [0.15, 0.2) is 0 Å². The van der Waals surface area contributed by atoms with Crippen LogP contribution in [0, 0.1) is 6.92 Å². The highest BCUT2D eigenvalue weighted by molar-refractivity contribution is 9.10. The fourth-order valence-corrected chi connectivity index (χ4v) is 2.50. The molecule has 0 aliphatic rings. The molecule has 5 heteroatoms. The minimum Gasteiger partial charge on any atom is -0.345 e. The van der Waals surface area contributed by atoms with Crippen LogP contribution < -0.4 is 5.32 Å². The van der Waals surface area contributed by atoms with E-state index in [-0.39, 0.29) is 5.91 Å². The Balaban J connectivity index is 2.24. The Hall–Kier alpha value is -1.26. The van der Waals surface area contributed by atoms with Crippen molar-refractivity contribution in [3.05, 3.63) is 51.2 Å². The zero-order valence-electron chi connectivity index (χ0n) is 10.00. The molecule has 0 aliphatic carbocycles. The second-order valence-electron chi connectivity index (χ2n) is 4.09. The smallest absolute Gasteiger partial charge is 0.272 e. The molecule has 0 aliphatic heterocycles. The van der Waals surface area contributed by atoms with Gasteiger partial charge in [0.05, 0.1) is 10.7 Å². The van der Waals surface area contributed by atoms with Crippen LogP contribution >= 0.6 is 27.5 Å². The summed E-state index contributed by atoms with van der Waals surface area (Å²) in [5.41, 5.74) is 2.39. The fraction of sp³-hybridized carbons (Fsp3) is 0.154. The molecule has 0 spiro atoms. The maximum atomic E-state index is 12.1. The van der Waals surface area contributed by atoms with Gasteiger partial charge in [0, 0.05) is 17.7 Å². The van der Waals surface area contributed by atoms with E-state index in [1.165, 1.54) is 0 Å². The van der Waals surface area contributed by atoms with Crippen molar-refractivity contribution in [2.75, 3.05) is 5.32 Å². The Morgan fingerprint density at radius 3 is 2.67 bits per heavy atom. The maximum absolute atomic E-state index is 12.1. The third-order valence-electron chi connectivity index (χ3n) is 2.58. The average molecular weight is 328 g/mol. The average Bonchev–Trinajstić information content (AvgIpc) is 2.62. The van der Waals surface area contributed by atoms with Gasteiger partial charge in [0.2, 0.25) is 0 Å². The number of halogens is 2. The van der Waals surface area contributed by atoms with Gasteiger partial charge in [-0.2, -0.15) is 0 Å². The predicted octanol–water partition coefficient (Wildman–Crippen LogP) is 4.00. The highest BCUT2D eigenvalue weighted by Gasteiger charge is 2.12. The van der Waals surface area contributed by atoms with Crippen molar-refractivity contribution in [3.63, 3.8) is 0 Å². The predicted molar refractivity (Wildman–Crippen MR) is 77.3 cm³/mol. The monoisotopic (exact) mass is 326 g/mol. The summed E-state index contributed by atoms with van der Waals surface area (Å²) < 4.78 is 2.55. The molecular weight excluding hydrogens is 316 g/mol. The zero-order chi connectivity index (χ0) is 13.3. The zero-order valence-corrected chi connectivity index (χ0v) is 12.3. The molecule has 0 fully saturated rings. The quantitative estimate of drug-likeness (QED) is 0.888. The molecule has 18 heavy (non-hydrogen) atoms. The lowest BCUT2D eigenvalue weighted by Crippen LogP contribution is -2.15. The first-order valence-electron chi connectivity index (χ1n) is 5.37. The summed E-state index contributed by atoms with van der Waals surface area (Å²) in [5.74, 6) is -0.186. The van der Waals surface area contributed by atoms with E-state index < -0.39 is 0 Å². The fourth-order valence-electron chi connectivity index (χ4n) is 1.66. The normalized spacial score (nSPS) is 10.4. The molecule has 0 saturated carbocycles. The number of amides is 1. The molecule has 0 bridgehead atoms. The van der Waals surface area contributed by atoms with Gasteiger partial charge >= 0.3 is 0 Å². The Bertz CT molecular complexity index is 607. The van der Waals surface area contributed by atoms with Gasteiger partial charge in [-0.25, -0.2) is 0 Å². The molecule has 0 saturated heterocycles. The minimum atomic E-state index is -0.186. The maximum Gasteiger partial charge on any atom is 0.272 e. The van der Waals surface area contributed by atoms with E-state index in [2.05, 4.69) is 21.2 Å². The molecule has 2 aromatic rings. The van der Waals surface area contributed by atoms with Gasteiger partial charge in [0.25, 0.3) is 5.91 Å². The Labute approximate surface area is 119 Å². The number of anilines is 1. The number of hydrogen-bond donors (Lipinski definition) is 1. The van der Waals surface area contributed by atoms with E-state index in [0.29, 0.717) is 10.7 Å². The molecule has 1 aromatic heterocycles. The number of aryl methyl sites for hydroxylation is 2. The van der Waals surface area contributed by atoms with Crippen molar-refractivity contribution in [1.29, 1.82) is 0 Å². The number of nitrogens with zero attached hydrogens (tertiary/aromatic N) is 1. The summed E-state index contributed by atoms with van der Waals surface area (Å²) >= 11 is 9.28. The second-order valence-corrected chi connectivity index (χ2v) is 5.38. The lowest BCUT2D eigenvalue weighted by Gasteiger charge is -2.08. The lowest BCUT2D eigenvalue weighted by molar-refractivity contribution is 0.101. The highest BCUT2D eigenvalue weighted by Crippen LogP contribution is 2.24. The molecule has 1 heterocycles. The molecule has 1 N–H and O–H groups in total. The molecule has 0 radical (unpaired) electrons. The number of benzene rings is 1. The SMILES string of the molecule is Cc1ccc(NC(=O)c2cc(Cl)cn2C)c(Br)c1. The largest absolute Gasteiger partial charge is 0.345 e. The van der Waals surface area contributed by atoms with Crippen molar-refractivity contribution < 1.29 is 4.79 Å². The first-order valence-corrected chi connectivity index (χ1v) is 6.54. The van der Waals surface area contributed by atoms with Crippen molar-refractivity contribution in [1.82, 2.24) is 4.57 Å². The summed E-state index contributed by atoms with van der Waals surface area (Å²) in [6, 6.07) is 7.40. The molecule has 94 valence electrons. The van der Waals surface area contributed by atoms with Crippen LogP contribution in [0.3, 0.4) is 0 Å². The van der Waals surface area contributed by atoms with Crippen molar-refractivity contribution in [2.24, 2.45) is 7.05 Å². The van der Waals surface area contributed by atoms with E-state index in [1.54, 1.807) is 23.9 Å². The summed E-state index contributed by atoms with van der Waals surface area (Å²) in [6.07, 6.45) is 1.70. The van der Waals surface area contributed by atoms with Crippen LogP contribution in [0.2, 0.25) is 5.02 Å². The number of nitrogens with one attached hydrogen (secondary N) is 1. The molecule has 2 rings (SSSR count). The molecule has 3 nitrogen and oxygen atoms in total. The number of carbonyl (C=O) groups excluding carboxylic acids is 1. The first kappa shape index (κ1) is 13.2. The number of hydrogen-bond acceptors (Lipinski definition) is 1. The van der Waals surface area contributed by atoms with Gasteiger partial charge in [-0.1, -0.05) is 17.7 Å². The minimum absolute atomic E-state index is 0.186. The Morgan fingerprint density at radius 1 is 1.39 bits per heavy atom. The van der Waals surface area contributed by atoms with Crippen LogP contribution in [0.4, 0.5) is 5.69 Å². The Kier molecular flexibility index (Phi) is 3.78. The van der Waals surface area contributed by atoms with Crippen LogP contribution in [0.1, 0.15) is 16.1 Å². The standard InChI is InChI=1S/C13H12BrClN2O/c1-8-3-4-11(10(14)5-8)16-13(18)12-6-9(15)7-17(12)2/h3-7H,1-2H3,(H,16,18). The van der Waals surface area contributed by atoms with Crippen LogP contribution in [0.5, 0.6) is 0 Å². The van der Waals surface area contributed by atoms with Crippen LogP contribution in [0.15, 0.2) is 34.9 Å². The Morgan fingerprint density at radius 2 is 2.11 bits per heavy atom. The van der Waals surface area contributed by atoms with Crippen LogP contribution in [-0.4, -0.2) is 10.5 Å². The summed E-state index contributed by atoms with van der Waals surface area (Å²) in [5, 5.41) is 3.39. The van der Waals surface area contributed by atoms with Gasteiger partial charge in [-0.05, 0) is 46.6 Å². The van der Waals surface area contributed by atoms with E-state index in [1.807, 2.05) is 25.1 Å². The number of aromatic nitrogens is 1. The molecular formula is C13H12BrClN2O. The molecule has 0 unspecified atom stereocenters. The third kappa shape index (κ3) is 2.76. The molecule has 1 aromatic carbocycles. The highest BCUT2D eigenvalue weighted by atomic mass is 79.9. The summed E-state index contributed by atoms with van der Waals surface area (Å²) in [4.78, 5) is 12.1. The first-order chi connectivity index (χ1) is 8.47. The molecule has 1 amide bonds. The van der Waals surface area contributed by atoms with Crippen LogP contribution in [-0.2, 0) is 7.05 Å². The summed E-state index contributed by atoms with van der Waals surface area (Å²) in [6.45, 7) is 1.99. The third-order valence-corrected chi connectivity index (χ3v) is 3.44. The van der Waals surface area contributed by atoms with E-state index in [0.717, 1.165) is 15.7 Å². The van der Waals surface area contributed by atoms with Crippen LogP contribution in [0.25, 0.3) is 0 Å².